The van der Waals surface area contributed by atoms with Gasteiger partial charge in [0.25, 0.3) is 0 Å². The van der Waals surface area contributed by atoms with Crippen LogP contribution in [0.15, 0.2) is 24.3 Å². The highest BCUT2D eigenvalue weighted by molar-refractivity contribution is 8.00. The zero-order chi connectivity index (χ0) is 13.4. The van der Waals surface area contributed by atoms with Gasteiger partial charge in [-0.25, -0.2) is 0 Å². The van der Waals surface area contributed by atoms with Gasteiger partial charge in [-0.1, -0.05) is 23.7 Å². The fraction of sp³-hybridized carbons (Fsp3) is 0.385. The third kappa shape index (κ3) is 5.44. The number of benzene rings is 1. The smallest absolute Gasteiger partial charge is 0.230 e. The number of rotatable bonds is 6. The lowest BCUT2D eigenvalue weighted by Crippen LogP contribution is -2.26. The van der Waals surface area contributed by atoms with Gasteiger partial charge in [0.1, 0.15) is 0 Å². The maximum Gasteiger partial charge on any atom is 0.230 e. The molecule has 0 aliphatic carbocycles. The van der Waals surface area contributed by atoms with Gasteiger partial charge in [0.05, 0.1) is 18.2 Å². The van der Waals surface area contributed by atoms with E-state index >= 15 is 0 Å². The van der Waals surface area contributed by atoms with Crippen molar-refractivity contribution in [1.29, 1.82) is 5.26 Å². The number of nitriles is 1. The van der Waals surface area contributed by atoms with Crippen LogP contribution in [0.1, 0.15) is 24.2 Å². The third-order valence-electron chi connectivity index (χ3n) is 2.36. The number of hydrogen-bond acceptors (Lipinski definition) is 3. The number of thioether (sulfide) groups is 1. The van der Waals surface area contributed by atoms with E-state index in [2.05, 4.69) is 12.2 Å². The molecule has 0 unspecified atom stereocenters. The standard InChI is InChI=1S/C13H15ClN2OS/c1-10(11-3-5-12(14)6-4-11)18-9-13(17)16-8-2-7-15/h3-6,10H,2,8-9H2,1H3,(H,16,17)/t10-/m0/s1. The highest BCUT2D eigenvalue weighted by atomic mass is 35.5. The first-order chi connectivity index (χ1) is 8.63. The summed E-state index contributed by atoms with van der Waals surface area (Å²) in [5.74, 6) is 0.367. The van der Waals surface area contributed by atoms with Crippen molar-refractivity contribution >= 4 is 29.3 Å². The van der Waals surface area contributed by atoms with Crippen molar-refractivity contribution in [2.75, 3.05) is 12.3 Å². The van der Waals surface area contributed by atoms with Gasteiger partial charge in [0, 0.05) is 16.8 Å². The Morgan fingerprint density at radius 3 is 2.78 bits per heavy atom. The molecule has 1 amide bonds. The molecule has 5 heteroatoms. The first kappa shape index (κ1) is 14.9. The number of nitrogens with one attached hydrogen (secondary N) is 1. The topological polar surface area (TPSA) is 52.9 Å². The monoisotopic (exact) mass is 282 g/mol. The van der Waals surface area contributed by atoms with Crippen LogP contribution in [0.2, 0.25) is 5.02 Å². The minimum Gasteiger partial charge on any atom is -0.354 e. The summed E-state index contributed by atoms with van der Waals surface area (Å²) in [6.45, 7) is 2.47. The van der Waals surface area contributed by atoms with Crippen molar-refractivity contribution in [2.24, 2.45) is 0 Å². The fourth-order valence-electron chi connectivity index (χ4n) is 1.34. The molecule has 0 saturated carbocycles. The quantitative estimate of drug-likeness (QED) is 0.816. The molecule has 0 fully saturated rings. The van der Waals surface area contributed by atoms with Gasteiger partial charge in [-0.3, -0.25) is 4.79 Å². The summed E-state index contributed by atoms with van der Waals surface area (Å²) in [7, 11) is 0. The number of carbonyl (C=O) groups excluding carboxylic acids is 1. The van der Waals surface area contributed by atoms with E-state index in [1.165, 1.54) is 0 Å². The third-order valence-corrected chi connectivity index (χ3v) is 3.82. The summed E-state index contributed by atoms with van der Waals surface area (Å²) < 4.78 is 0. The zero-order valence-electron chi connectivity index (χ0n) is 10.1. The number of carbonyl (C=O) groups is 1. The molecule has 0 aromatic heterocycles. The number of hydrogen-bond donors (Lipinski definition) is 1. The molecule has 0 spiro atoms. The van der Waals surface area contributed by atoms with E-state index in [1.54, 1.807) is 11.8 Å². The molecule has 0 bridgehead atoms. The lowest BCUT2D eigenvalue weighted by Gasteiger charge is -2.11. The predicted molar refractivity (Wildman–Crippen MR) is 75.6 cm³/mol. The highest BCUT2D eigenvalue weighted by Gasteiger charge is 2.08. The van der Waals surface area contributed by atoms with Gasteiger partial charge in [0.2, 0.25) is 5.91 Å². The van der Waals surface area contributed by atoms with Gasteiger partial charge >= 0.3 is 0 Å². The molecule has 1 rings (SSSR count). The van der Waals surface area contributed by atoms with Crippen LogP contribution < -0.4 is 5.32 Å². The first-order valence-corrected chi connectivity index (χ1v) is 7.07. The Kier molecular flexibility index (Phi) is 6.63. The van der Waals surface area contributed by atoms with E-state index in [9.17, 15) is 4.79 Å². The molecule has 0 radical (unpaired) electrons. The first-order valence-electron chi connectivity index (χ1n) is 5.64. The predicted octanol–water partition coefficient (Wildman–Crippen LogP) is 3.16. The van der Waals surface area contributed by atoms with Crippen LogP contribution in [0.5, 0.6) is 0 Å². The lowest BCUT2D eigenvalue weighted by atomic mass is 10.2. The molecular formula is C13H15ClN2OS. The summed E-state index contributed by atoms with van der Waals surface area (Å²) in [4.78, 5) is 11.4. The molecule has 3 nitrogen and oxygen atoms in total. The van der Waals surface area contributed by atoms with Crippen LogP contribution >= 0.6 is 23.4 Å². The SMILES string of the molecule is C[C@H](SCC(=O)NCCC#N)c1ccc(Cl)cc1. The highest BCUT2D eigenvalue weighted by Crippen LogP contribution is 2.28. The van der Waals surface area contributed by atoms with Gasteiger partial charge in [-0.2, -0.15) is 5.26 Å². The van der Waals surface area contributed by atoms with Gasteiger partial charge in [0.15, 0.2) is 0 Å². The van der Waals surface area contributed by atoms with E-state index in [4.69, 9.17) is 16.9 Å². The molecule has 1 N–H and O–H groups in total. The summed E-state index contributed by atoms with van der Waals surface area (Å²) in [5.41, 5.74) is 1.15. The molecule has 0 aliphatic heterocycles. The van der Waals surface area contributed by atoms with Crippen LogP contribution in [-0.4, -0.2) is 18.2 Å². The van der Waals surface area contributed by atoms with E-state index < -0.39 is 0 Å². The molecule has 0 heterocycles. The fourth-order valence-corrected chi connectivity index (χ4v) is 2.32. The maximum atomic E-state index is 11.4. The molecule has 1 aromatic rings. The largest absolute Gasteiger partial charge is 0.354 e. The van der Waals surface area contributed by atoms with Crippen molar-refractivity contribution in [3.63, 3.8) is 0 Å². The molecule has 1 atom stereocenters. The van der Waals surface area contributed by atoms with Crippen LogP contribution in [0.3, 0.4) is 0 Å². The van der Waals surface area contributed by atoms with E-state index in [-0.39, 0.29) is 11.2 Å². The molecule has 18 heavy (non-hydrogen) atoms. The lowest BCUT2D eigenvalue weighted by molar-refractivity contribution is -0.118. The summed E-state index contributed by atoms with van der Waals surface area (Å²) in [5, 5.41) is 12.0. The van der Waals surface area contributed by atoms with Crippen LogP contribution in [-0.2, 0) is 4.79 Å². The second-order valence-corrected chi connectivity index (χ2v) is 5.53. The zero-order valence-corrected chi connectivity index (χ0v) is 11.7. The minimum absolute atomic E-state index is 0.0314. The summed E-state index contributed by atoms with van der Waals surface area (Å²) in [6, 6.07) is 9.61. The van der Waals surface area contributed by atoms with E-state index in [0.29, 0.717) is 23.7 Å². The Morgan fingerprint density at radius 1 is 1.50 bits per heavy atom. The number of nitrogens with zero attached hydrogens (tertiary/aromatic N) is 1. The van der Waals surface area contributed by atoms with Crippen LogP contribution in [0.25, 0.3) is 0 Å². The van der Waals surface area contributed by atoms with Crippen molar-refractivity contribution in [1.82, 2.24) is 5.32 Å². The van der Waals surface area contributed by atoms with Gasteiger partial charge in [-0.05, 0) is 24.6 Å². The minimum atomic E-state index is -0.0314. The average Bonchev–Trinajstić information content (AvgIpc) is 2.37. The second-order valence-electron chi connectivity index (χ2n) is 3.76. The molecule has 0 saturated heterocycles. The van der Waals surface area contributed by atoms with Crippen molar-refractivity contribution < 1.29 is 4.79 Å². The van der Waals surface area contributed by atoms with Gasteiger partial charge in [-0.15, -0.1) is 11.8 Å². The van der Waals surface area contributed by atoms with E-state index in [1.807, 2.05) is 30.3 Å². The molecular weight excluding hydrogens is 268 g/mol. The maximum absolute atomic E-state index is 11.4. The van der Waals surface area contributed by atoms with Crippen molar-refractivity contribution in [2.45, 2.75) is 18.6 Å². The Bertz CT molecular complexity index is 428. The average molecular weight is 283 g/mol. The molecule has 96 valence electrons. The normalized spacial score (nSPS) is 11.6. The Hall–Kier alpha value is -1.18. The van der Waals surface area contributed by atoms with Crippen LogP contribution in [0.4, 0.5) is 0 Å². The second kappa shape index (κ2) is 8.02. The van der Waals surface area contributed by atoms with E-state index in [0.717, 1.165) is 5.56 Å². The Balaban J connectivity index is 2.32. The number of halogens is 1. The number of amides is 1. The summed E-state index contributed by atoms with van der Waals surface area (Å²) in [6.07, 6.45) is 0.350. The Labute approximate surface area is 117 Å². The molecule has 1 aromatic carbocycles. The van der Waals surface area contributed by atoms with Crippen molar-refractivity contribution in [3.05, 3.63) is 34.9 Å². The molecule has 0 aliphatic rings. The van der Waals surface area contributed by atoms with Crippen molar-refractivity contribution in [3.8, 4) is 6.07 Å². The summed E-state index contributed by atoms with van der Waals surface area (Å²) >= 11 is 7.38. The van der Waals surface area contributed by atoms with Crippen LogP contribution in [0, 0.1) is 11.3 Å². The van der Waals surface area contributed by atoms with Gasteiger partial charge < -0.3 is 5.32 Å². The Morgan fingerprint density at radius 2 is 2.17 bits per heavy atom.